The zero-order valence-corrected chi connectivity index (χ0v) is 15.2. The second kappa shape index (κ2) is 5.27. The molecule has 0 unspecified atom stereocenters. The molecule has 4 rings (SSSR count). The van der Waals surface area contributed by atoms with Gasteiger partial charge in [-0.3, -0.25) is 9.59 Å². The molecule has 0 heterocycles. The van der Waals surface area contributed by atoms with Crippen LogP contribution in [0.4, 0.5) is 0 Å². The van der Waals surface area contributed by atoms with E-state index in [-0.39, 0.29) is 34.6 Å². The third-order valence-corrected chi connectivity index (χ3v) is 8.38. The molecule has 0 spiro atoms. The fraction of sp³-hybridized carbons (Fsp3) is 0.810. The fourth-order valence-electron chi connectivity index (χ4n) is 7.35. The monoisotopic (exact) mass is 330 g/mol. The predicted octanol–water partition coefficient (Wildman–Crippen LogP) is 3.69. The van der Waals surface area contributed by atoms with Gasteiger partial charge < -0.3 is 5.11 Å². The van der Waals surface area contributed by atoms with Gasteiger partial charge in [0.1, 0.15) is 5.78 Å². The van der Waals surface area contributed by atoms with Crippen molar-refractivity contribution in [3.63, 3.8) is 0 Å². The average Bonchev–Trinajstić information content (AvgIpc) is 2.84. The number of hydrogen-bond acceptors (Lipinski definition) is 3. The molecule has 3 fully saturated rings. The van der Waals surface area contributed by atoms with Crippen LogP contribution in [0.3, 0.4) is 0 Å². The molecule has 0 aromatic rings. The number of Topliss-reactive ketones (excluding diaryl/α,β-unsaturated/α-hetero) is 1. The van der Waals surface area contributed by atoms with Crippen LogP contribution in [0.2, 0.25) is 0 Å². The SMILES string of the molecule is CC(=O)[C@@H]1CC[C@@H]2[C@H]3CCC4=CC(=O)CC[C@]4(C)[C@@H]3[C@@H](O)C[C@]21C. The molecule has 3 saturated carbocycles. The Morgan fingerprint density at radius 2 is 1.96 bits per heavy atom. The zero-order chi connectivity index (χ0) is 17.3. The average molecular weight is 330 g/mol. The Bertz CT molecular complexity index is 621. The number of aliphatic hydroxyl groups is 1. The van der Waals surface area contributed by atoms with Crippen LogP contribution in [0.5, 0.6) is 0 Å². The number of rotatable bonds is 1. The first-order valence-corrected chi connectivity index (χ1v) is 9.70. The van der Waals surface area contributed by atoms with Crippen molar-refractivity contribution >= 4 is 11.6 Å². The quantitative estimate of drug-likeness (QED) is 0.797. The maximum atomic E-state index is 12.2. The largest absolute Gasteiger partial charge is 0.393 e. The summed E-state index contributed by atoms with van der Waals surface area (Å²) in [6.45, 7) is 6.27. The molecule has 4 aliphatic carbocycles. The fourth-order valence-corrected chi connectivity index (χ4v) is 7.35. The maximum Gasteiger partial charge on any atom is 0.155 e. The third-order valence-electron chi connectivity index (χ3n) is 8.38. The van der Waals surface area contributed by atoms with E-state index in [2.05, 4.69) is 13.8 Å². The van der Waals surface area contributed by atoms with Crippen molar-refractivity contribution in [2.45, 2.75) is 71.8 Å². The summed E-state index contributed by atoms with van der Waals surface area (Å²) >= 11 is 0. The number of ketones is 2. The topological polar surface area (TPSA) is 54.4 Å². The first-order valence-electron chi connectivity index (χ1n) is 9.70. The van der Waals surface area contributed by atoms with Crippen molar-refractivity contribution in [1.29, 1.82) is 0 Å². The summed E-state index contributed by atoms with van der Waals surface area (Å²) in [5.74, 6) is 1.99. The van der Waals surface area contributed by atoms with Crippen LogP contribution in [-0.4, -0.2) is 22.8 Å². The summed E-state index contributed by atoms with van der Waals surface area (Å²) in [5, 5.41) is 11.2. The van der Waals surface area contributed by atoms with Gasteiger partial charge in [-0.1, -0.05) is 19.4 Å². The minimum absolute atomic E-state index is 0.0219. The second-order valence-corrected chi connectivity index (χ2v) is 9.41. The molecule has 0 aliphatic heterocycles. The van der Waals surface area contributed by atoms with Gasteiger partial charge in [-0.05, 0) is 80.1 Å². The molecule has 7 atom stereocenters. The molecule has 0 saturated heterocycles. The van der Waals surface area contributed by atoms with Gasteiger partial charge in [0, 0.05) is 12.3 Å². The second-order valence-electron chi connectivity index (χ2n) is 9.41. The van der Waals surface area contributed by atoms with Crippen molar-refractivity contribution in [1.82, 2.24) is 0 Å². The summed E-state index contributed by atoms with van der Waals surface area (Å²) in [4.78, 5) is 24.0. The van der Waals surface area contributed by atoms with Gasteiger partial charge in [-0.15, -0.1) is 0 Å². The highest BCUT2D eigenvalue weighted by molar-refractivity contribution is 5.91. The molecule has 0 radical (unpaired) electrons. The van der Waals surface area contributed by atoms with Gasteiger partial charge >= 0.3 is 0 Å². The minimum Gasteiger partial charge on any atom is -0.393 e. The molecule has 24 heavy (non-hydrogen) atoms. The van der Waals surface area contributed by atoms with E-state index in [1.807, 2.05) is 6.08 Å². The Morgan fingerprint density at radius 3 is 2.67 bits per heavy atom. The van der Waals surface area contributed by atoms with Gasteiger partial charge in [0.2, 0.25) is 0 Å². The normalized spacial score (nSPS) is 50.6. The number of aliphatic hydroxyl groups excluding tert-OH is 1. The van der Waals surface area contributed by atoms with Crippen LogP contribution < -0.4 is 0 Å². The third kappa shape index (κ3) is 2.06. The van der Waals surface area contributed by atoms with E-state index < -0.39 is 0 Å². The zero-order valence-electron chi connectivity index (χ0n) is 15.2. The van der Waals surface area contributed by atoms with E-state index >= 15 is 0 Å². The van der Waals surface area contributed by atoms with Crippen LogP contribution in [0.1, 0.15) is 65.7 Å². The van der Waals surface area contributed by atoms with Crippen LogP contribution >= 0.6 is 0 Å². The van der Waals surface area contributed by atoms with E-state index in [1.165, 1.54) is 5.57 Å². The van der Waals surface area contributed by atoms with Gasteiger partial charge in [0.05, 0.1) is 6.10 Å². The maximum absolute atomic E-state index is 12.2. The van der Waals surface area contributed by atoms with Crippen molar-refractivity contribution < 1.29 is 14.7 Å². The highest BCUT2D eigenvalue weighted by atomic mass is 16.3. The van der Waals surface area contributed by atoms with E-state index in [0.717, 1.165) is 38.5 Å². The molecule has 0 bridgehead atoms. The summed E-state index contributed by atoms with van der Waals surface area (Å²) in [6.07, 6.45) is 7.97. The Morgan fingerprint density at radius 1 is 1.21 bits per heavy atom. The summed E-state index contributed by atoms with van der Waals surface area (Å²) in [5.41, 5.74) is 1.23. The number of carbonyl (C=O) groups is 2. The van der Waals surface area contributed by atoms with Crippen LogP contribution in [0.25, 0.3) is 0 Å². The van der Waals surface area contributed by atoms with Gasteiger partial charge in [-0.2, -0.15) is 0 Å². The Labute approximate surface area is 144 Å². The summed E-state index contributed by atoms with van der Waals surface area (Å²) in [7, 11) is 0. The molecule has 4 aliphatic rings. The lowest BCUT2D eigenvalue weighted by Crippen LogP contribution is -2.56. The van der Waals surface area contributed by atoms with Crippen molar-refractivity contribution in [3.8, 4) is 0 Å². The Kier molecular flexibility index (Phi) is 3.62. The van der Waals surface area contributed by atoms with E-state index in [0.29, 0.717) is 24.0 Å². The van der Waals surface area contributed by atoms with Crippen LogP contribution in [0, 0.1) is 34.5 Å². The lowest BCUT2D eigenvalue weighted by atomic mass is 9.46. The minimum atomic E-state index is -0.349. The molecule has 1 N–H and O–H groups in total. The number of allylic oxidation sites excluding steroid dienone is 1. The van der Waals surface area contributed by atoms with Gasteiger partial charge in [0.15, 0.2) is 5.78 Å². The molecule has 3 heteroatoms. The summed E-state index contributed by atoms with van der Waals surface area (Å²) in [6, 6.07) is 0. The lowest BCUT2D eigenvalue weighted by Gasteiger charge is -2.59. The summed E-state index contributed by atoms with van der Waals surface area (Å²) < 4.78 is 0. The molecule has 132 valence electrons. The van der Waals surface area contributed by atoms with Gasteiger partial charge in [0.25, 0.3) is 0 Å². The van der Waals surface area contributed by atoms with E-state index in [9.17, 15) is 14.7 Å². The van der Waals surface area contributed by atoms with Gasteiger partial charge in [-0.25, -0.2) is 0 Å². The molecule has 3 nitrogen and oxygen atoms in total. The standard InChI is InChI=1S/C21H30O3/c1-12(22)16-6-7-17-15-5-4-13-10-14(23)8-9-20(13,2)19(15)18(24)11-21(16,17)3/h10,15-19,24H,4-9,11H2,1-3H3/t15-,16+,17-,18+,19+,20+,21+/m1/s1. The van der Waals surface area contributed by atoms with Crippen molar-refractivity contribution in [3.05, 3.63) is 11.6 Å². The van der Waals surface area contributed by atoms with Crippen molar-refractivity contribution in [2.24, 2.45) is 34.5 Å². The highest BCUT2D eigenvalue weighted by Crippen LogP contribution is 2.66. The molecular weight excluding hydrogens is 300 g/mol. The number of hydrogen-bond donors (Lipinski definition) is 1. The lowest BCUT2D eigenvalue weighted by molar-refractivity contribution is -0.143. The van der Waals surface area contributed by atoms with Crippen molar-refractivity contribution in [2.75, 3.05) is 0 Å². The predicted molar refractivity (Wildman–Crippen MR) is 92.3 cm³/mol. The Hall–Kier alpha value is -0.960. The number of carbonyl (C=O) groups excluding carboxylic acids is 2. The highest BCUT2D eigenvalue weighted by Gasteiger charge is 2.62. The van der Waals surface area contributed by atoms with E-state index in [4.69, 9.17) is 0 Å². The van der Waals surface area contributed by atoms with Crippen LogP contribution in [-0.2, 0) is 9.59 Å². The van der Waals surface area contributed by atoms with Crippen LogP contribution in [0.15, 0.2) is 11.6 Å². The molecule has 0 aromatic carbocycles. The van der Waals surface area contributed by atoms with E-state index in [1.54, 1.807) is 6.92 Å². The molecule has 0 amide bonds. The smallest absolute Gasteiger partial charge is 0.155 e. The first-order chi connectivity index (χ1) is 11.3. The first kappa shape index (κ1) is 16.5. The molecular formula is C21H30O3. The molecule has 0 aromatic heterocycles. The Balaban J connectivity index is 1.72. The number of fused-ring (bicyclic) bond motifs is 5.